The Balaban J connectivity index is 2.01. The fourth-order valence-corrected chi connectivity index (χ4v) is 5.19. The van der Waals surface area contributed by atoms with Crippen LogP contribution in [0.25, 0.3) is 0 Å². The Morgan fingerprint density at radius 3 is 2.23 bits per heavy atom. The van der Waals surface area contributed by atoms with Crippen LogP contribution in [-0.4, -0.2) is 93.7 Å². The van der Waals surface area contributed by atoms with Gasteiger partial charge in [-0.15, -0.1) is 0 Å². The van der Waals surface area contributed by atoms with Crippen molar-refractivity contribution in [1.29, 1.82) is 0 Å². The highest BCUT2D eigenvalue weighted by atomic mass is 32.2. The second-order valence-electron chi connectivity index (χ2n) is 6.62. The summed E-state index contributed by atoms with van der Waals surface area (Å²) in [6.07, 6.45) is 1.65. The molecule has 0 radical (unpaired) electrons. The Labute approximate surface area is 134 Å². The predicted octanol–water partition coefficient (Wildman–Crippen LogP) is -0.556. The topological polar surface area (TPSA) is 73.3 Å². The molecule has 2 aliphatic heterocycles. The molecule has 0 spiro atoms. The van der Waals surface area contributed by atoms with Gasteiger partial charge in [0.15, 0.2) is 0 Å². The van der Waals surface area contributed by atoms with E-state index in [2.05, 4.69) is 0 Å². The van der Waals surface area contributed by atoms with Crippen molar-refractivity contribution in [2.24, 2.45) is 11.8 Å². The van der Waals surface area contributed by atoms with Crippen molar-refractivity contribution in [2.75, 3.05) is 60.5 Å². The number of ether oxygens (including phenoxy) is 1. The van der Waals surface area contributed by atoms with E-state index in [1.807, 2.05) is 19.0 Å². The van der Waals surface area contributed by atoms with Crippen molar-refractivity contribution in [3.63, 3.8) is 0 Å². The number of hydrogen-bond donors (Lipinski definition) is 1. The summed E-state index contributed by atoms with van der Waals surface area (Å²) in [6, 6.07) is 0. The first-order valence-electron chi connectivity index (χ1n) is 7.92. The fraction of sp³-hybridized carbons (Fsp3) is 1.00. The van der Waals surface area contributed by atoms with Gasteiger partial charge in [-0.2, -0.15) is 17.0 Å². The lowest BCUT2D eigenvalue weighted by Crippen LogP contribution is -2.47. The number of aliphatic hydroxyl groups is 1. The normalized spacial score (nSPS) is 29.5. The molecule has 1 N–H and O–H groups in total. The molecular formula is C14H29N3O4S. The minimum absolute atomic E-state index is 0.0219. The molecule has 2 atom stereocenters. The fourth-order valence-electron chi connectivity index (χ4n) is 3.43. The Bertz CT molecular complexity index is 449. The van der Waals surface area contributed by atoms with Gasteiger partial charge in [0.25, 0.3) is 10.2 Å². The highest BCUT2D eigenvalue weighted by molar-refractivity contribution is 7.86. The van der Waals surface area contributed by atoms with Crippen LogP contribution in [0.1, 0.15) is 12.8 Å². The first-order valence-corrected chi connectivity index (χ1v) is 9.31. The standard InChI is InChI=1S/C14H29N3O4S/c1-15(2)8-12-9-17(10-13(12)11-18)22(19,20)16-6-4-14(21-3)5-7-16/h12-14,18H,4-11H2,1-3H3/t12-,13-/m1/s1. The molecule has 8 heteroatoms. The number of methoxy groups -OCH3 is 1. The van der Waals surface area contributed by atoms with E-state index in [1.54, 1.807) is 15.7 Å². The maximum absolute atomic E-state index is 12.8. The Hall–Kier alpha value is -0.250. The first-order chi connectivity index (χ1) is 10.4. The van der Waals surface area contributed by atoms with Crippen molar-refractivity contribution in [3.05, 3.63) is 0 Å². The van der Waals surface area contributed by atoms with Gasteiger partial charge in [-0.3, -0.25) is 0 Å². The summed E-state index contributed by atoms with van der Waals surface area (Å²) < 4.78 is 34.0. The summed E-state index contributed by atoms with van der Waals surface area (Å²) in [5.74, 6) is 0.208. The summed E-state index contributed by atoms with van der Waals surface area (Å²) in [5, 5.41) is 9.54. The molecule has 22 heavy (non-hydrogen) atoms. The zero-order valence-corrected chi connectivity index (χ0v) is 14.6. The van der Waals surface area contributed by atoms with Crippen LogP contribution in [0.15, 0.2) is 0 Å². The predicted molar refractivity (Wildman–Crippen MR) is 84.7 cm³/mol. The molecule has 0 aromatic heterocycles. The first kappa shape index (κ1) is 18.1. The molecule has 0 bridgehead atoms. The molecule has 0 aromatic rings. The van der Waals surface area contributed by atoms with Gasteiger partial charge < -0.3 is 14.7 Å². The molecule has 0 aliphatic carbocycles. The lowest BCUT2D eigenvalue weighted by atomic mass is 9.97. The quantitative estimate of drug-likeness (QED) is 0.705. The minimum atomic E-state index is -3.42. The van der Waals surface area contributed by atoms with Gasteiger partial charge in [0, 0.05) is 52.4 Å². The molecule has 0 saturated carbocycles. The van der Waals surface area contributed by atoms with Gasteiger partial charge in [0.1, 0.15) is 0 Å². The highest BCUT2D eigenvalue weighted by Gasteiger charge is 2.41. The zero-order valence-electron chi connectivity index (χ0n) is 13.8. The summed E-state index contributed by atoms with van der Waals surface area (Å²) in [7, 11) is 2.20. The average molecular weight is 335 g/mol. The van der Waals surface area contributed by atoms with Crippen LogP contribution in [-0.2, 0) is 14.9 Å². The highest BCUT2D eigenvalue weighted by Crippen LogP contribution is 2.28. The summed E-state index contributed by atoms with van der Waals surface area (Å²) >= 11 is 0. The van der Waals surface area contributed by atoms with Gasteiger partial charge in [-0.05, 0) is 32.9 Å². The van der Waals surface area contributed by atoms with Crippen LogP contribution in [0.3, 0.4) is 0 Å². The van der Waals surface area contributed by atoms with Crippen LogP contribution < -0.4 is 0 Å². The lowest BCUT2D eigenvalue weighted by Gasteiger charge is -2.33. The maximum Gasteiger partial charge on any atom is 0.281 e. The SMILES string of the molecule is COC1CCN(S(=O)(=O)N2C[C@@H](CN(C)C)[C@@H](CO)C2)CC1. The van der Waals surface area contributed by atoms with Crippen molar-refractivity contribution < 1.29 is 18.3 Å². The molecule has 2 saturated heterocycles. The van der Waals surface area contributed by atoms with Crippen LogP contribution in [0.5, 0.6) is 0 Å². The molecule has 0 amide bonds. The number of aliphatic hydroxyl groups excluding tert-OH is 1. The lowest BCUT2D eigenvalue weighted by molar-refractivity contribution is 0.0592. The van der Waals surface area contributed by atoms with Crippen LogP contribution in [0.4, 0.5) is 0 Å². The van der Waals surface area contributed by atoms with Crippen LogP contribution >= 0.6 is 0 Å². The van der Waals surface area contributed by atoms with Crippen LogP contribution in [0.2, 0.25) is 0 Å². The number of nitrogens with zero attached hydrogens (tertiary/aromatic N) is 3. The van der Waals surface area contributed by atoms with E-state index in [0.29, 0.717) is 26.2 Å². The van der Waals surface area contributed by atoms with E-state index in [9.17, 15) is 13.5 Å². The number of hydrogen-bond acceptors (Lipinski definition) is 5. The van der Waals surface area contributed by atoms with Gasteiger partial charge in [-0.1, -0.05) is 0 Å². The Morgan fingerprint density at radius 2 is 1.73 bits per heavy atom. The van der Waals surface area contributed by atoms with E-state index in [4.69, 9.17) is 4.74 Å². The molecule has 2 aliphatic rings. The van der Waals surface area contributed by atoms with Gasteiger partial charge in [-0.25, -0.2) is 0 Å². The van der Waals surface area contributed by atoms with E-state index < -0.39 is 10.2 Å². The maximum atomic E-state index is 12.8. The Morgan fingerprint density at radius 1 is 1.14 bits per heavy atom. The summed E-state index contributed by atoms with van der Waals surface area (Å²) in [6.45, 7) is 2.77. The smallest absolute Gasteiger partial charge is 0.281 e. The van der Waals surface area contributed by atoms with E-state index in [0.717, 1.165) is 19.4 Å². The largest absolute Gasteiger partial charge is 0.396 e. The summed E-state index contributed by atoms with van der Waals surface area (Å²) in [4.78, 5) is 2.05. The second-order valence-corrected chi connectivity index (χ2v) is 8.55. The van der Waals surface area contributed by atoms with Crippen molar-refractivity contribution in [1.82, 2.24) is 13.5 Å². The van der Waals surface area contributed by atoms with Gasteiger partial charge in [0.2, 0.25) is 0 Å². The molecule has 0 aromatic carbocycles. The monoisotopic (exact) mass is 335 g/mol. The zero-order chi connectivity index (χ0) is 16.3. The Kier molecular flexibility index (Phi) is 6.21. The summed E-state index contributed by atoms with van der Waals surface area (Å²) in [5.41, 5.74) is 0. The molecule has 130 valence electrons. The number of rotatable bonds is 6. The molecule has 2 fully saturated rings. The molecule has 7 nitrogen and oxygen atoms in total. The molecular weight excluding hydrogens is 306 g/mol. The third-order valence-corrected chi connectivity index (χ3v) is 6.73. The van der Waals surface area contributed by atoms with Crippen LogP contribution in [0, 0.1) is 11.8 Å². The van der Waals surface area contributed by atoms with Crippen molar-refractivity contribution in [3.8, 4) is 0 Å². The minimum Gasteiger partial charge on any atom is -0.396 e. The number of piperidine rings is 1. The van der Waals surface area contributed by atoms with E-state index >= 15 is 0 Å². The van der Waals surface area contributed by atoms with Gasteiger partial charge in [0.05, 0.1) is 6.10 Å². The van der Waals surface area contributed by atoms with E-state index in [-0.39, 0.29) is 24.5 Å². The average Bonchev–Trinajstić information content (AvgIpc) is 2.90. The molecule has 2 rings (SSSR count). The molecule has 2 heterocycles. The van der Waals surface area contributed by atoms with Crippen molar-refractivity contribution in [2.45, 2.75) is 18.9 Å². The van der Waals surface area contributed by atoms with E-state index in [1.165, 1.54) is 0 Å². The second kappa shape index (κ2) is 7.55. The third kappa shape index (κ3) is 3.98. The van der Waals surface area contributed by atoms with Gasteiger partial charge >= 0.3 is 0 Å². The van der Waals surface area contributed by atoms with Crippen molar-refractivity contribution >= 4 is 10.2 Å². The molecule has 0 unspecified atom stereocenters. The third-order valence-electron chi connectivity index (χ3n) is 4.76.